The van der Waals surface area contributed by atoms with Gasteiger partial charge in [0, 0.05) is 31.1 Å². The summed E-state index contributed by atoms with van der Waals surface area (Å²) in [5, 5.41) is 16.4. The first-order valence-electron chi connectivity index (χ1n) is 9.80. The maximum Gasteiger partial charge on any atom is 0.243 e. The van der Waals surface area contributed by atoms with E-state index in [1.165, 1.54) is 28.6 Å². The van der Waals surface area contributed by atoms with Gasteiger partial charge in [-0.1, -0.05) is 12.1 Å². The highest BCUT2D eigenvalue weighted by atomic mass is 32.2. The van der Waals surface area contributed by atoms with E-state index in [2.05, 4.69) is 25.9 Å². The van der Waals surface area contributed by atoms with Gasteiger partial charge in [-0.25, -0.2) is 12.8 Å². The van der Waals surface area contributed by atoms with E-state index in [9.17, 15) is 17.6 Å². The quantitative estimate of drug-likeness (QED) is 0.597. The van der Waals surface area contributed by atoms with Crippen LogP contribution >= 0.6 is 0 Å². The third kappa shape index (κ3) is 4.78. The summed E-state index contributed by atoms with van der Waals surface area (Å²) in [6.45, 7) is 0.845. The van der Waals surface area contributed by atoms with Crippen LogP contribution in [0.3, 0.4) is 0 Å². The number of sulfonamides is 1. The molecule has 0 saturated carbocycles. The van der Waals surface area contributed by atoms with Gasteiger partial charge in [0.05, 0.1) is 4.90 Å². The fourth-order valence-corrected chi connectivity index (χ4v) is 4.97. The molecule has 0 unspecified atom stereocenters. The van der Waals surface area contributed by atoms with Crippen LogP contribution in [-0.4, -0.2) is 52.3 Å². The fourth-order valence-electron chi connectivity index (χ4n) is 3.50. The Bertz CT molecular complexity index is 1130. The minimum atomic E-state index is -3.65. The number of carbonyl (C=O) groups excluding carboxylic acids is 1. The highest BCUT2D eigenvalue weighted by Crippen LogP contribution is 2.25. The Morgan fingerprint density at radius 1 is 1.10 bits per heavy atom. The molecule has 0 aliphatic carbocycles. The van der Waals surface area contributed by atoms with Crippen LogP contribution in [0.2, 0.25) is 0 Å². The van der Waals surface area contributed by atoms with Gasteiger partial charge in [0.15, 0.2) is 0 Å². The summed E-state index contributed by atoms with van der Waals surface area (Å²) in [6.07, 6.45) is 0.880. The Balaban J connectivity index is 1.33. The molecule has 4 rings (SSSR count). The van der Waals surface area contributed by atoms with Crippen LogP contribution in [0.1, 0.15) is 18.4 Å². The highest BCUT2D eigenvalue weighted by molar-refractivity contribution is 7.89. The Kier molecular flexibility index (Phi) is 6.05. The summed E-state index contributed by atoms with van der Waals surface area (Å²) in [7, 11) is -3.65. The van der Waals surface area contributed by atoms with Gasteiger partial charge in [-0.2, -0.15) is 9.52 Å². The number of hydrogen-bond acceptors (Lipinski definition) is 6. The van der Waals surface area contributed by atoms with Crippen molar-refractivity contribution in [3.05, 3.63) is 59.9 Å². The van der Waals surface area contributed by atoms with Crippen LogP contribution in [0.5, 0.6) is 0 Å². The predicted molar refractivity (Wildman–Crippen MR) is 109 cm³/mol. The normalized spacial score (nSPS) is 15.6. The molecule has 31 heavy (non-hydrogen) atoms. The van der Waals surface area contributed by atoms with Crippen LogP contribution in [0.4, 0.5) is 4.39 Å². The van der Waals surface area contributed by atoms with Crippen LogP contribution < -0.4 is 5.32 Å². The minimum Gasteiger partial charge on any atom is -0.352 e. The number of piperidine rings is 1. The number of halogens is 1. The monoisotopic (exact) mass is 444 g/mol. The third-order valence-corrected chi connectivity index (χ3v) is 7.21. The molecule has 0 bridgehead atoms. The summed E-state index contributed by atoms with van der Waals surface area (Å²) >= 11 is 0. The smallest absolute Gasteiger partial charge is 0.243 e. The zero-order valence-corrected chi connectivity index (χ0v) is 17.3. The van der Waals surface area contributed by atoms with E-state index in [0.29, 0.717) is 30.8 Å². The van der Waals surface area contributed by atoms with E-state index < -0.39 is 10.0 Å². The first-order valence-corrected chi connectivity index (χ1v) is 11.2. The van der Waals surface area contributed by atoms with Crippen molar-refractivity contribution in [2.75, 3.05) is 13.1 Å². The number of carbonyl (C=O) groups is 1. The third-order valence-electron chi connectivity index (χ3n) is 5.30. The summed E-state index contributed by atoms with van der Waals surface area (Å²) < 4.78 is 40.3. The average Bonchev–Trinajstić information content (AvgIpc) is 3.34. The van der Waals surface area contributed by atoms with Crippen molar-refractivity contribution in [1.82, 2.24) is 30.2 Å². The van der Waals surface area contributed by atoms with Crippen LogP contribution in [0.25, 0.3) is 11.4 Å². The van der Waals surface area contributed by atoms with Gasteiger partial charge in [-0.3, -0.25) is 4.79 Å². The lowest BCUT2D eigenvalue weighted by Crippen LogP contribution is -2.42. The highest BCUT2D eigenvalue weighted by Gasteiger charge is 2.32. The largest absolute Gasteiger partial charge is 0.352 e. The number of aromatic nitrogens is 4. The summed E-state index contributed by atoms with van der Waals surface area (Å²) in [6, 6.07) is 12.2. The maximum atomic E-state index is 13.0. The number of H-pyrrole nitrogens is 1. The first-order chi connectivity index (χ1) is 14.9. The summed E-state index contributed by atoms with van der Waals surface area (Å²) in [4.78, 5) is 12.6. The number of tetrazole rings is 1. The molecule has 162 valence electrons. The summed E-state index contributed by atoms with van der Waals surface area (Å²) in [5.74, 6) is -0.317. The van der Waals surface area contributed by atoms with Crippen molar-refractivity contribution < 1.29 is 17.6 Å². The lowest BCUT2D eigenvalue weighted by atomic mass is 9.97. The molecular formula is C20H21FN6O3S. The van der Waals surface area contributed by atoms with E-state index in [1.54, 1.807) is 24.3 Å². The molecule has 3 aromatic rings. The van der Waals surface area contributed by atoms with Crippen molar-refractivity contribution in [2.45, 2.75) is 24.3 Å². The van der Waals surface area contributed by atoms with E-state index in [-0.39, 0.29) is 35.6 Å². The van der Waals surface area contributed by atoms with Crippen LogP contribution in [0.15, 0.2) is 53.4 Å². The molecule has 0 spiro atoms. The molecule has 2 aromatic carbocycles. The Hall–Kier alpha value is -3.18. The SMILES string of the molecule is O=C(NCc1ccc(F)cc1)C1CCN(S(=O)(=O)c2ccc(-c3nn[nH]n3)cc2)CC1. The van der Waals surface area contributed by atoms with Gasteiger partial charge in [-0.15, -0.1) is 10.2 Å². The molecule has 0 atom stereocenters. The van der Waals surface area contributed by atoms with Gasteiger partial charge >= 0.3 is 0 Å². The lowest BCUT2D eigenvalue weighted by Gasteiger charge is -2.30. The van der Waals surface area contributed by atoms with E-state index in [4.69, 9.17) is 0 Å². The lowest BCUT2D eigenvalue weighted by molar-refractivity contribution is -0.126. The zero-order chi connectivity index (χ0) is 21.8. The van der Waals surface area contributed by atoms with Crippen LogP contribution in [-0.2, 0) is 21.4 Å². The first kappa shape index (κ1) is 21.1. The van der Waals surface area contributed by atoms with Gasteiger partial charge in [-0.05, 0) is 60.0 Å². The number of hydrogen-bond donors (Lipinski definition) is 2. The number of nitrogens with zero attached hydrogens (tertiary/aromatic N) is 4. The zero-order valence-electron chi connectivity index (χ0n) is 16.5. The molecule has 1 fully saturated rings. The Morgan fingerprint density at radius 3 is 2.39 bits per heavy atom. The number of aromatic amines is 1. The Morgan fingerprint density at radius 2 is 1.77 bits per heavy atom. The average molecular weight is 444 g/mol. The number of amides is 1. The molecule has 2 N–H and O–H groups in total. The molecule has 0 radical (unpaired) electrons. The molecule has 1 aromatic heterocycles. The number of nitrogens with one attached hydrogen (secondary N) is 2. The number of rotatable bonds is 6. The topological polar surface area (TPSA) is 121 Å². The van der Waals surface area contributed by atoms with E-state index in [1.807, 2.05) is 0 Å². The molecule has 1 aliphatic heterocycles. The second-order valence-corrected chi connectivity index (χ2v) is 9.22. The second kappa shape index (κ2) is 8.90. The van der Waals surface area contributed by atoms with Gasteiger partial charge < -0.3 is 5.32 Å². The molecule has 1 aliphatic rings. The predicted octanol–water partition coefficient (Wildman–Crippen LogP) is 1.72. The molecule has 9 nitrogen and oxygen atoms in total. The Labute approximate surface area is 178 Å². The van der Waals surface area contributed by atoms with Crippen molar-refractivity contribution in [3.8, 4) is 11.4 Å². The van der Waals surface area contributed by atoms with Crippen LogP contribution in [0, 0.1) is 11.7 Å². The maximum absolute atomic E-state index is 13.0. The number of benzene rings is 2. The molecule has 2 heterocycles. The summed E-state index contributed by atoms with van der Waals surface area (Å²) in [5.41, 5.74) is 1.46. The van der Waals surface area contributed by atoms with Gasteiger partial charge in [0.1, 0.15) is 5.82 Å². The molecular weight excluding hydrogens is 423 g/mol. The second-order valence-electron chi connectivity index (χ2n) is 7.28. The van der Waals surface area contributed by atoms with Crippen molar-refractivity contribution >= 4 is 15.9 Å². The van der Waals surface area contributed by atoms with E-state index >= 15 is 0 Å². The van der Waals surface area contributed by atoms with Gasteiger partial charge in [0.2, 0.25) is 21.8 Å². The minimum absolute atomic E-state index is 0.120. The fraction of sp³-hybridized carbons (Fsp3) is 0.300. The van der Waals surface area contributed by atoms with E-state index in [0.717, 1.165) is 5.56 Å². The molecule has 1 amide bonds. The molecule has 1 saturated heterocycles. The van der Waals surface area contributed by atoms with Crippen molar-refractivity contribution in [2.24, 2.45) is 5.92 Å². The van der Waals surface area contributed by atoms with Crippen molar-refractivity contribution in [1.29, 1.82) is 0 Å². The van der Waals surface area contributed by atoms with Gasteiger partial charge in [0.25, 0.3) is 0 Å². The molecule has 11 heteroatoms. The van der Waals surface area contributed by atoms with Crippen molar-refractivity contribution in [3.63, 3.8) is 0 Å². The standard InChI is InChI=1S/C20H21FN6O3S/c21-17-5-1-14(2-6-17)13-22-20(28)16-9-11-27(12-10-16)31(29,30)18-7-3-15(4-8-18)19-23-25-26-24-19/h1-8,16H,9-13H2,(H,22,28)(H,23,24,25,26).